The van der Waals surface area contributed by atoms with Gasteiger partial charge in [-0.15, -0.1) is 0 Å². The Bertz CT molecular complexity index is 423. The Hall–Kier alpha value is -1.39. The minimum atomic E-state index is -0.270. The molecule has 1 heterocycles. The number of nitrogens with two attached hydrogens (primary N) is 1. The summed E-state index contributed by atoms with van der Waals surface area (Å²) in [5.74, 6) is 0.337. The van der Waals surface area contributed by atoms with Crippen LogP contribution in [0.15, 0.2) is 24.3 Å². The van der Waals surface area contributed by atoms with Crippen LogP contribution in [0.3, 0.4) is 0 Å². The number of hydrogen-bond donors (Lipinski definition) is 1. The first-order chi connectivity index (χ1) is 9.74. The molecule has 0 unspecified atom stereocenters. The lowest BCUT2D eigenvalue weighted by Gasteiger charge is -2.32. The number of piperidine rings is 1. The van der Waals surface area contributed by atoms with Gasteiger partial charge < -0.3 is 15.4 Å². The summed E-state index contributed by atoms with van der Waals surface area (Å²) in [5, 5.41) is 0. The smallest absolute Gasteiger partial charge is 0.337 e. The van der Waals surface area contributed by atoms with E-state index in [2.05, 4.69) is 17.0 Å². The number of rotatable bonds is 5. The third-order valence-electron chi connectivity index (χ3n) is 4.07. The maximum atomic E-state index is 11.4. The number of hydrogen-bond acceptors (Lipinski definition) is 4. The fourth-order valence-electron chi connectivity index (χ4n) is 2.81. The molecule has 1 saturated heterocycles. The minimum Gasteiger partial charge on any atom is -0.465 e. The van der Waals surface area contributed by atoms with Crippen molar-refractivity contribution in [1.82, 2.24) is 4.90 Å². The van der Waals surface area contributed by atoms with Gasteiger partial charge in [0.15, 0.2) is 0 Å². The molecular weight excluding hydrogens is 252 g/mol. The third kappa shape index (κ3) is 3.81. The number of likely N-dealkylation sites (tertiary alicyclic amines) is 1. The Morgan fingerprint density at radius 2 is 1.95 bits per heavy atom. The Labute approximate surface area is 120 Å². The Balaban J connectivity index is 1.89. The average Bonchev–Trinajstić information content (AvgIpc) is 2.53. The molecule has 110 valence electrons. The molecule has 0 spiro atoms. The van der Waals surface area contributed by atoms with Gasteiger partial charge in [0.1, 0.15) is 0 Å². The van der Waals surface area contributed by atoms with Gasteiger partial charge in [0.05, 0.1) is 12.7 Å². The van der Waals surface area contributed by atoms with E-state index in [0.717, 1.165) is 32.6 Å². The molecule has 20 heavy (non-hydrogen) atoms. The standard InChI is InChI=1S/C16H24N2O2/c1-20-16(19)15-5-3-13(4-6-15)14-7-11-18(12-8-14)10-2-9-17/h3-6,14H,2,7-12,17H2,1H3. The number of carbonyl (C=O) groups is 1. The van der Waals surface area contributed by atoms with E-state index in [4.69, 9.17) is 10.5 Å². The summed E-state index contributed by atoms with van der Waals surface area (Å²) in [6, 6.07) is 7.85. The predicted octanol–water partition coefficient (Wildman–Crippen LogP) is 2.00. The van der Waals surface area contributed by atoms with Crippen molar-refractivity contribution in [3.05, 3.63) is 35.4 Å². The number of benzene rings is 1. The molecule has 0 atom stereocenters. The number of nitrogens with zero attached hydrogens (tertiary/aromatic N) is 1. The average molecular weight is 276 g/mol. The molecule has 0 aliphatic carbocycles. The van der Waals surface area contributed by atoms with Crippen LogP contribution in [0.1, 0.15) is 41.1 Å². The lowest BCUT2D eigenvalue weighted by molar-refractivity contribution is 0.0600. The zero-order valence-corrected chi connectivity index (χ0v) is 12.2. The van der Waals surface area contributed by atoms with Crippen molar-refractivity contribution in [2.24, 2.45) is 5.73 Å². The summed E-state index contributed by atoms with van der Waals surface area (Å²) in [4.78, 5) is 13.9. The minimum absolute atomic E-state index is 0.270. The van der Waals surface area contributed by atoms with E-state index in [1.807, 2.05) is 12.1 Å². The Morgan fingerprint density at radius 1 is 1.30 bits per heavy atom. The first kappa shape index (κ1) is 15.0. The summed E-state index contributed by atoms with van der Waals surface area (Å²) in [5.41, 5.74) is 7.50. The van der Waals surface area contributed by atoms with E-state index in [1.165, 1.54) is 25.5 Å². The highest BCUT2D eigenvalue weighted by molar-refractivity contribution is 5.89. The molecule has 0 radical (unpaired) electrons. The monoisotopic (exact) mass is 276 g/mol. The predicted molar refractivity (Wildman–Crippen MR) is 79.9 cm³/mol. The normalized spacial score (nSPS) is 17.1. The second-order valence-corrected chi connectivity index (χ2v) is 5.37. The van der Waals surface area contributed by atoms with Gasteiger partial charge in [0, 0.05) is 0 Å². The molecule has 0 saturated carbocycles. The molecule has 0 amide bonds. The van der Waals surface area contributed by atoms with Crippen LogP contribution >= 0.6 is 0 Å². The van der Waals surface area contributed by atoms with Crippen LogP contribution in [-0.4, -0.2) is 44.2 Å². The zero-order valence-electron chi connectivity index (χ0n) is 12.2. The van der Waals surface area contributed by atoms with Crippen molar-refractivity contribution in [1.29, 1.82) is 0 Å². The largest absolute Gasteiger partial charge is 0.465 e. The van der Waals surface area contributed by atoms with Gasteiger partial charge in [0.2, 0.25) is 0 Å². The van der Waals surface area contributed by atoms with E-state index in [-0.39, 0.29) is 5.97 Å². The molecule has 1 fully saturated rings. The highest BCUT2D eigenvalue weighted by Gasteiger charge is 2.20. The highest BCUT2D eigenvalue weighted by atomic mass is 16.5. The molecule has 0 bridgehead atoms. The third-order valence-corrected chi connectivity index (χ3v) is 4.07. The quantitative estimate of drug-likeness (QED) is 0.836. The van der Waals surface area contributed by atoms with Crippen molar-refractivity contribution in [2.45, 2.75) is 25.2 Å². The number of methoxy groups -OCH3 is 1. The first-order valence-electron chi connectivity index (χ1n) is 7.35. The summed E-state index contributed by atoms with van der Waals surface area (Å²) >= 11 is 0. The molecule has 2 rings (SSSR count). The van der Waals surface area contributed by atoms with Crippen LogP contribution in [0, 0.1) is 0 Å². The highest BCUT2D eigenvalue weighted by Crippen LogP contribution is 2.28. The van der Waals surface area contributed by atoms with Crippen molar-refractivity contribution in [3.8, 4) is 0 Å². The van der Waals surface area contributed by atoms with Crippen molar-refractivity contribution < 1.29 is 9.53 Å². The Kier molecular flexibility index (Phi) is 5.56. The van der Waals surface area contributed by atoms with Crippen LogP contribution in [0.5, 0.6) is 0 Å². The van der Waals surface area contributed by atoms with Gasteiger partial charge in [-0.2, -0.15) is 0 Å². The van der Waals surface area contributed by atoms with Gasteiger partial charge in [-0.3, -0.25) is 0 Å². The zero-order chi connectivity index (χ0) is 14.4. The number of ether oxygens (including phenoxy) is 1. The Morgan fingerprint density at radius 3 is 2.50 bits per heavy atom. The summed E-state index contributed by atoms with van der Waals surface area (Å²) in [6.45, 7) is 4.17. The molecule has 0 aromatic heterocycles. The lowest BCUT2D eigenvalue weighted by atomic mass is 9.89. The van der Waals surface area contributed by atoms with E-state index in [1.54, 1.807) is 0 Å². The fraction of sp³-hybridized carbons (Fsp3) is 0.562. The summed E-state index contributed by atoms with van der Waals surface area (Å²) in [6.07, 6.45) is 3.45. The summed E-state index contributed by atoms with van der Waals surface area (Å²) in [7, 11) is 1.41. The van der Waals surface area contributed by atoms with E-state index in [9.17, 15) is 4.79 Å². The molecule has 1 aliphatic heterocycles. The molecule has 4 heteroatoms. The maximum absolute atomic E-state index is 11.4. The second kappa shape index (κ2) is 7.41. The van der Waals surface area contributed by atoms with Gasteiger partial charge in [-0.05, 0) is 69.1 Å². The van der Waals surface area contributed by atoms with E-state index in [0.29, 0.717) is 11.5 Å². The maximum Gasteiger partial charge on any atom is 0.337 e. The van der Waals surface area contributed by atoms with Gasteiger partial charge in [-0.1, -0.05) is 12.1 Å². The van der Waals surface area contributed by atoms with Gasteiger partial charge in [-0.25, -0.2) is 4.79 Å². The van der Waals surface area contributed by atoms with Gasteiger partial charge in [0.25, 0.3) is 0 Å². The second-order valence-electron chi connectivity index (χ2n) is 5.37. The van der Waals surface area contributed by atoms with E-state index >= 15 is 0 Å². The molecule has 1 aromatic carbocycles. The molecule has 4 nitrogen and oxygen atoms in total. The van der Waals surface area contributed by atoms with Crippen LogP contribution in [-0.2, 0) is 4.74 Å². The van der Waals surface area contributed by atoms with Crippen LogP contribution in [0.25, 0.3) is 0 Å². The molecule has 2 N–H and O–H groups in total. The van der Waals surface area contributed by atoms with E-state index < -0.39 is 0 Å². The topological polar surface area (TPSA) is 55.6 Å². The fourth-order valence-corrected chi connectivity index (χ4v) is 2.81. The van der Waals surface area contributed by atoms with Crippen molar-refractivity contribution in [3.63, 3.8) is 0 Å². The number of carbonyl (C=O) groups excluding carboxylic acids is 1. The SMILES string of the molecule is COC(=O)c1ccc(C2CCN(CCCN)CC2)cc1. The molecule has 1 aromatic rings. The molecule has 1 aliphatic rings. The summed E-state index contributed by atoms with van der Waals surface area (Å²) < 4.78 is 4.72. The lowest BCUT2D eigenvalue weighted by Crippen LogP contribution is -2.34. The van der Waals surface area contributed by atoms with Crippen LogP contribution < -0.4 is 5.73 Å². The number of esters is 1. The molecular formula is C16H24N2O2. The van der Waals surface area contributed by atoms with Gasteiger partial charge >= 0.3 is 5.97 Å². The van der Waals surface area contributed by atoms with Crippen LogP contribution in [0.2, 0.25) is 0 Å². The van der Waals surface area contributed by atoms with Crippen molar-refractivity contribution in [2.75, 3.05) is 33.3 Å². The van der Waals surface area contributed by atoms with Crippen molar-refractivity contribution >= 4 is 5.97 Å². The van der Waals surface area contributed by atoms with Crippen LogP contribution in [0.4, 0.5) is 0 Å². The first-order valence-corrected chi connectivity index (χ1v) is 7.35.